The first-order valence-corrected chi connectivity index (χ1v) is 9.57. The van der Waals surface area contributed by atoms with Crippen LogP contribution in [0.2, 0.25) is 5.02 Å². The van der Waals surface area contributed by atoms with Gasteiger partial charge >= 0.3 is 5.97 Å². The number of hydrogen-bond donors (Lipinski definition) is 2. The lowest BCUT2D eigenvalue weighted by molar-refractivity contribution is -0.140. The van der Waals surface area contributed by atoms with Gasteiger partial charge in [-0.2, -0.15) is 0 Å². The van der Waals surface area contributed by atoms with Crippen molar-refractivity contribution in [1.29, 1.82) is 0 Å². The zero-order valence-corrected chi connectivity index (χ0v) is 16.1. The van der Waals surface area contributed by atoms with Crippen molar-refractivity contribution in [2.45, 2.75) is 56.3 Å². The Morgan fingerprint density at radius 1 is 1.24 bits per heavy atom. The van der Waals surface area contributed by atoms with E-state index in [1.807, 2.05) is 31.1 Å². The lowest BCUT2D eigenvalue weighted by Gasteiger charge is -2.23. The molecule has 2 fully saturated rings. The van der Waals surface area contributed by atoms with Crippen LogP contribution in [0.4, 0.5) is 0 Å². The molecule has 3 rings (SSSR count). The Morgan fingerprint density at radius 2 is 1.88 bits per heavy atom. The highest BCUT2D eigenvalue weighted by molar-refractivity contribution is 6.31. The first kappa shape index (κ1) is 20.2. The van der Waals surface area contributed by atoms with Crippen LogP contribution in [-0.2, 0) is 10.2 Å². The highest BCUT2D eigenvalue weighted by Crippen LogP contribution is 2.49. The third-order valence-corrected chi connectivity index (χ3v) is 5.63. The summed E-state index contributed by atoms with van der Waals surface area (Å²) in [5.74, 6) is -0.149. The van der Waals surface area contributed by atoms with Crippen molar-refractivity contribution >= 4 is 17.6 Å². The number of carboxylic acid groups (broad SMARTS) is 1. The third-order valence-electron chi connectivity index (χ3n) is 5.30. The summed E-state index contributed by atoms with van der Waals surface area (Å²) in [5, 5.41) is 18.3. The maximum atomic E-state index is 11.3. The highest BCUT2D eigenvalue weighted by Gasteiger charge is 2.51. The van der Waals surface area contributed by atoms with Crippen LogP contribution in [-0.4, -0.2) is 48.3 Å². The molecule has 5 heteroatoms. The van der Waals surface area contributed by atoms with Gasteiger partial charge in [-0.1, -0.05) is 43.0 Å². The summed E-state index contributed by atoms with van der Waals surface area (Å²) in [6.07, 6.45) is 7.78. The van der Waals surface area contributed by atoms with Crippen LogP contribution in [0.5, 0.6) is 0 Å². The Labute approximate surface area is 155 Å². The summed E-state index contributed by atoms with van der Waals surface area (Å²) in [6, 6.07) is 5.94. The van der Waals surface area contributed by atoms with Crippen LogP contribution < -0.4 is 0 Å². The van der Waals surface area contributed by atoms with Gasteiger partial charge in [0.15, 0.2) is 0 Å². The number of hydrogen-bond acceptors (Lipinski definition) is 3. The van der Waals surface area contributed by atoms with Gasteiger partial charge in [0, 0.05) is 11.6 Å². The fourth-order valence-electron chi connectivity index (χ4n) is 3.52. The summed E-state index contributed by atoms with van der Waals surface area (Å²) < 4.78 is 0. The van der Waals surface area contributed by atoms with Gasteiger partial charge in [0.1, 0.15) is 0 Å². The molecule has 0 saturated heterocycles. The van der Waals surface area contributed by atoms with E-state index in [0.717, 1.165) is 30.0 Å². The molecular formula is C20H30ClNO3. The van der Waals surface area contributed by atoms with E-state index in [-0.39, 0.29) is 6.61 Å². The van der Waals surface area contributed by atoms with Gasteiger partial charge in [0.25, 0.3) is 0 Å². The first-order valence-electron chi connectivity index (χ1n) is 9.19. The minimum Gasteiger partial charge on any atom is -0.481 e. The zero-order chi connectivity index (χ0) is 18.4. The van der Waals surface area contributed by atoms with Crippen LogP contribution in [0.3, 0.4) is 0 Å². The lowest BCUT2D eigenvalue weighted by atomic mass is 9.83. The zero-order valence-electron chi connectivity index (χ0n) is 15.3. The molecule has 0 unspecified atom stereocenters. The van der Waals surface area contributed by atoms with E-state index in [1.54, 1.807) is 0 Å². The van der Waals surface area contributed by atoms with Crippen molar-refractivity contribution in [2.24, 2.45) is 0 Å². The number of carboxylic acids is 1. The normalized spacial score (nSPS) is 19.2. The van der Waals surface area contributed by atoms with Crippen molar-refractivity contribution in [3.63, 3.8) is 0 Å². The molecule has 4 nitrogen and oxygen atoms in total. The molecule has 0 spiro atoms. The first-order chi connectivity index (χ1) is 11.9. The Hall–Kier alpha value is -1.10. The van der Waals surface area contributed by atoms with Crippen molar-refractivity contribution < 1.29 is 15.0 Å². The van der Waals surface area contributed by atoms with Crippen LogP contribution in [0, 0.1) is 0 Å². The van der Waals surface area contributed by atoms with E-state index in [2.05, 4.69) is 6.07 Å². The van der Waals surface area contributed by atoms with E-state index in [1.165, 1.54) is 37.7 Å². The van der Waals surface area contributed by atoms with Gasteiger partial charge in [-0.3, -0.25) is 4.79 Å². The molecule has 2 saturated carbocycles. The average molecular weight is 368 g/mol. The molecule has 2 N–H and O–H groups in total. The fraction of sp³-hybridized carbons (Fsp3) is 0.650. The molecule has 0 aromatic heterocycles. The second kappa shape index (κ2) is 9.02. The molecule has 2 aliphatic carbocycles. The van der Waals surface area contributed by atoms with E-state index >= 15 is 0 Å². The topological polar surface area (TPSA) is 60.8 Å². The standard InChI is InChI=1S/C16H19ClO2.C4H11NO/c17-14-10-12(16(8-9-16)15(18)19)6-7-13(14)11-4-2-1-3-5-11;1-5(2)3-4-6/h6-7,10-11H,1-5,8-9H2,(H,18,19);6H,3-4H2,1-2H3. The van der Waals surface area contributed by atoms with E-state index in [4.69, 9.17) is 16.7 Å². The van der Waals surface area contributed by atoms with Crippen LogP contribution in [0.1, 0.15) is 62.0 Å². The van der Waals surface area contributed by atoms with Crippen LogP contribution in [0.15, 0.2) is 18.2 Å². The molecule has 0 heterocycles. The van der Waals surface area contributed by atoms with Gasteiger partial charge in [-0.05, 0) is 62.9 Å². The van der Waals surface area contributed by atoms with Gasteiger partial charge in [-0.15, -0.1) is 0 Å². The van der Waals surface area contributed by atoms with E-state index < -0.39 is 11.4 Å². The average Bonchev–Trinajstić information content (AvgIpc) is 3.38. The maximum absolute atomic E-state index is 11.3. The van der Waals surface area contributed by atoms with Crippen molar-refractivity contribution in [2.75, 3.05) is 27.2 Å². The minimum absolute atomic E-state index is 0.257. The van der Waals surface area contributed by atoms with Gasteiger partial charge in [0.05, 0.1) is 12.0 Å². The number of likely N-dealkylation sites (N-methyl/N-ethyl adjacent to an activating group) is 1. The lowest BCUT2D eigenvalue weighted by Crippen LogP contribution is -2.19. The summed E-state index contributed by atoms with van der Waals surface area (Å²) >= 11 is 6.41. The molecule has 140 valence electrons. The Bertz CT molecular complexity index is 578. The quantitative estimate of drug-likeness (QED) is 0.824. The Morgan fingerprint density at radius 3 is 2.28 bits per heavy atom. The second-order valence-electron chi connectivity index (χ2n) is 7.49. The fourth-order valence-corrected chi connectivity index (χ4v) is 3.86. The van der Waals surface area contributed by atoms with E-state index in [9.17, 15) is 9.90 Å². The van der Waals surface area contributed by atoms with Gasteiger partial charge < -0.3 is 15.1 Å². The number of nitrogens with zero attached hydrogens (tertiary/aromatic N) is 1. The minimum atomic E-state index is -0.714. The predicted molar refractivity (Wildman–Crippen MR) is 101 cm³/mol. The Balaban J connectivity index is 0.000000326. The van der Waals surface area contributed by atoms with Gasteiger partial charge in [-0.25, -0.2) is 0 Å². The molecule has 0 amide bonds. The highest BCUT2D eigenvalue weighted by atomic mass is 35.5. The molecule has 0 atom stereocenters. The van der Waals surface area contributed by atoms with E-state index in [0.29, 0.717) is 5.92 Å². The largest absolute Gasteiger partial charge is 0.481 e. The molecule has 25 heavy (non-hydrogen) atoms. The monoisotopic (exact) mass is 367 g/mol. The molecular weight excluding hydrogens is 338 g/mol. The number of rotatable bonds is 5. The SMILES string of the molecule is CN(C)CCO.O=C(O)C1(c2ccc(C3CCCCC3)c(Cl)c2)CC1. The molecule has 0 radical (unpaired) electrons. The van der Waals surface area contributed by atoms with Crippen molar-refractivity contribution in [3.05, 3.63) is 34.3 Å². The molecule has 2 aliphatic rings. The van der Waals surface area contributed by atoms with Crippen LogP contribution in [0.25, 0.3) is 0 Å². The molecule has 1 aromatic rings. The summed E-state index contributed by atoms with van der Waals surface area (Å²) in [6.45, 7) is 1.02. The van der Waals surface area contributed by atoms with Crippen molar-refractivity contribution in [1.82, 2.24) is 4.90 Å². The molecule has 0 bridgehead atoms. The molecule has 0 aliphatic heterocycles. The van der Waals surface area contributed by atoms with Gasteiger partial charge in [0.2, 0.25) is 0 Å². The van der Waals surface area contributed by atoms with Crippen LogP contribution >= 0.6 is 11.6 Å². The number of halogens is 1. The Kier molecular flexibility index (Phi) is 7.29. The predicted octanol–water partition coefficient (Wildman–Crippen LogP) is 4.04. The summed E-state index contributed by atoms with van der Waals surface area (Å²) in [7, 11) is 3.85. The smallest absolute Gasteiger partial charge is 0.314 e. The van der Waals surface area contributed by atoms with Crippen molar-refractivity contribution in [3.8, 4) is 0 Å². The summed E-state index contributed by atoms with van der Waals surface area (Å²) in [4.78, 5) is 13.3. The molecule has 1 aromatic carbocycles. The summed E-state index contributed by atoms with van der Waals surface area (Å²) in [5.41, 5.74) is 1.45. The number of aliphatic hydroxyl groups excluding tert-OH is 1. The number of aliphatic carboxylic acids is 1. The number of benzene rings is 1. The number of carbonyl (C=O) groups is 1. The second-order valence-corrected chi connectivity index (χ2v) is 7.89. The maximum Gasteiger partial charge on any atom is 0.314 e. The number of aliphatic hydroxyl groups is 1. The third kappa shape index (κ3) is 5.19.